The van der Waals surface area contributed by atoms with E-state index < -0.39 is 0 Å². The van der Waals surface area contributed by atoms with Gasteiger partial charge in [0.1, 0.15) is 5.75 Å². The van der Waals surface area contributed by atoms with Crippen LogP contribution in [0.15, 0.2) is 41.0 Å². The minimum atomic E-state index is 0.234. The van der Waals surface area contributed by atoms with Crippen molar-refractivity contribution in [1.82, 2.24) is 5.32 Å². The first-order chi connectivity index (χ1) is 11.6. The summed E-state index contributed by atoms with van der Waals surface area (Å²) in [5.41, 5.74) is 14.5. The lowest BCUT2D eigenvalue weighted by atomic mass is 9.95. The quantitative estimate of drug-likeness (QED) is 0.632. The van der Waals surface area contributed by atoms with Crippen LogP contribution in [0.25, 0.3) is 15.8 Å². The third-order valence-electron chi connectivity index (χ3n) is 4.67. The number of thiophene rings is 1. The topological polar surface area (TPSA) is 84.3 Å². The maximum Gasteiger partial charge on any atom is 0.133 e. The van der Waals surface area contributed by atoms with Gasteiger partial charge < -0.3 is 21.9 Å². The summed E-state index contributed by atoms with van der Waals surface area (Å²) < 4.78 is 1.05. The van der Waals surface area contributed by atoms with Crippen LogP contribution in [0, 0.1) is 0 Å². The molecular formula is C19H25N3OS. The van der Waals surface area contributed by atoms with E-state index in [9.17, 15) is 5.11 Å². The van der Waals surface area contributed by atoms with Gasteiger partial charge in [-0.3, -0.25) is 0 Å². The number of fused-ring (bicyclic) bond motifs is 1. The Morgan fingerprint density at radius 2 is 1.96 bits per heavy atom. The van der Waals surface area contributed by atoms with Crippen LogP contribution >= 0.6 is 11.3 Å². The number of phenols is 1. The van der Waals surface area contributed by atoms with E-state index in [0.29, 0.717) is 23.1 Å². The highest BCUT2D eigenvalue weighted by atomic mass is 32.1. The minimum Gasteiger partial charge on any atom is -0.507 e. The minimum absolute atomic E-state index is 0.234. The molecule has 1 saturated carbocycles. The summed E-state index contributed by atoms with van der Waals surface area (Å²) in [6.07, 6.45) is 8.04. The lowest BCUT2D eigenvalue weighted by Gasteiger charge is -2.24. The van der Waals surface area contributed by atoms with Gasteiger partial charge in [0.05, 0.1) is 5.82 Å². The van der Waals surface area contributed by atoms with Crippen molar-refractivity contribution in [2.24, 2.45) is 11.5 Å². The lowest BCUT2D eigenvalue weighted by Crippen LogP contribution is -2.33. The van der Waals surface area contributed by atoms with Gasteiger partial charge >= 0.3 is 0 Å². The Kier molecular flexibility index (Phi) is 5.00. The van der Waals surface area contributed by atoms with Gasteiger partial charge in [-0.1, -0.05) is 19.3 Å². The van der Waals surface area contributed by atoms with Crippen LogP contribution in [-0.2, 0) is 0 Å². The molecule has 1 fully saturated rings. The number of hydrogen-bond acceptors (Lipinski definition) is 5. The molecule has 0 spiro atoms. The normalized spacial score (nSPS) is 17.8. The fraction of sp³-hybridized carbons (Fsp3) is 0.368. The van der Waals surface area contributed by atoms with Crippen LogP contribution in [-0.4, -0.2) is 11.1 Å². The van der Waals surface area contributed by atoms with E-state index in [-0.39, 0.29) is 5.75 Å². The van der Waals surface area contributed by atoms with Crippen molar-refractivity contribution >= 4 is 27.1 Å². The monoisotopic (exact) mass is 343 g/mol. The molecule has 4 nitrogen and oxygen atoms in total. The molecule has 0 atom stereocenters. The highest BCUT2D eigenvalue weighted by molar-refractivity contribution is 7.17. The lowest BCUT2D eigenvalue weighted by molar-refractivity contribution is 0.395. The molecule has 1 heterocycles. The number of phenolic OH excluding ortho intramolecular Hbond substituents is 1. The second-order valence-electron chi connectivity index (χ2n) is 6.47. The van der Waals surface area contributed by atoms with Crippen molar-refractivity contribution in [3.05, 3.63) is 46.6 Å². The van der Waals surface area contributed by atoms with E-state index >= 15 is 0 Å². The van der Waals surface area contributed by atoms with Gasteiger partial charge in [0.25, 0.3) is 0 Å². The van der Waals surface area contributed by atoms with Crippen LogP contribution in [0.3, 0.4) is 0 Å². The second-order valence-corrected chi connectivity index (χ2v) is 7.42. The molecule has 1 aromatic carbocycles. The van der Waals surface area contributed by atoms with E-state index in [1.54, 1.807) is 11.3 Å². The number of rotatable bonds is 4. The molecule has 0 aliphatic heterocycles. The first-order valence-corrected chi connectivity index (χ1v) is 9.34. The summed E-state index contributed by atoms with van der Waals surface area (Å²) >= 11 is 1.60. The zero-order valence-electron chi connectivity index (χ0n) is 14.0. The van der Waals surface area contributed by atoms with E-state index in [1.807, 2.05) is 36.6 Å². The van der Waals surface area contributed by atoms with Crippen LogP contribution in [0.1, 0.15) is 44.6 Å². The largest absolute Gasteiger partial charge is 0.507 e. The number of benzene rings is 1. The Morgan fingerprint density at radius 3 is 2.71 bits per heavy atom. The second kappa shape index (κ2) is 7.18. The van der Waals surface area contributed by atoms with Crippen LogP contribution in [0.2, 0.25) is 0 Å². The molecule has 1 aromatic heterocycles. The van der Waals surface area contributed by atoms with Crippen molar-refractivity contribution < 1.29 is 5.11 Å². The third kappa shape index (κ3) is 3.51. The van der Waals surface area contributed by atoms with Crippen molar-refractivity contribution in [3.8, 4) is 5.75 Å². The number of allylic oxidation sites excluding steroid dienone is 2. The molecule has 0 radical (unpaired) electrons. The number of nitrogens with two attached hydrogens (primary N) is 2. The standard InChI is InChI=1S/C19H25N3OS/c1-12(11-17(20)22-13-5-3-2-4-6-13)18(21)15-7-8-16-14(19(15)23)9-10-24-16/h7-11,13,22-23H,2-6,20-21H2,1H3/b17-11+,18-12-. The highest BCUT2D eigenvalue weighted by Gasteiger charge is 2.14. The summed E-state index contributed by atoms with van der Waals surface area (Å²) in [7, 11) is 0. The van der Waals surface area contributed by atoms with Crippen molar-refractivity contribution in [2.45, 2.75) is 45.1 Å². The fourth-order valence-corrected chi connectivity index (χ4v) is 4.08. The van der Waals surface area contributed by atoms with Gasteiger partial charge in [-0.05, 0) is 55.0 Å². The van der Waals surface area contributed by atoms with Gasteiger partial charge in [-0.2, -0.15) is 0 Å². The predicted octanol–water partition coefficient (Wildman–Crippen LogP) is 4.02. The van der Waals surface area contributed by atoms with Crippen LogP contribution < -0.4 is 16.8 Å². The summed E-state index contributed by atoms with van der Waals surface area (Å²) in [6, 6.07) is 6.23. The zero-order valence-corrected chi connectivity index (χ0v) is 14.8. The first kappa shape index (κ1) is 16.7. The third-order valence-corrected chi connectivity index (χ3v) is 5.55. The van der Waals surface area contributed by atoms with Crippen molar-refractivity contribution in [1.29, 1.82) is 0 Å². The molecule has 24 heavy (non-hydrogen) atoms. The van der Waals surface area contributed by atoms with Gasteiger partial charge in [0, 0.05) is 27.4 Å². The molecule has 1 aliphatic rings. The smallest absolute Gasteiger partial charge is 0.133 e. The number of hydrogen-bond donors (Lipinski definition) is 4. The molecule has 3 rings (SSSR count). The molecule has 0 saturated heterocycles. The SMILES string of the molecule is CC(/C=C(\N)NC1CCCCC1)=C(/N)c1ccc2sccc2c1O. The maximum atomic E-state index is 10.5. The molecular weight excluding hydrogens is 318 g/mol. The van der Waals surface area contributed by atoms with E-state index in [1.165, 1.54) is 32.1 Å². The van der Waals surface area contributed by atoms with Gasteiger partial charge in [-0.25, -0.2) is 0 Å². The Hall–Kier alpha value is -2.14. The first-order valence-electron chi connectivity index (χ1n) is 8.46. The van der Waals surface area contributed by atoms with Crippen LogP contribution in [0.5, 0.6) is 5.75 Å². The van der Waals surface area contributed by atoms with Crippen LogP contribution in [0.4, 0.5) is 0 Å². The summed E-state index contributed by atoms with van der Waals surface area (Å²) in [4.78, 5) is 0. The summed E-state index contributed by atoms with van der Waals surface area (Å²) in [5.74, 6) is 0.872. The summed E-state index contributed by atoms with van der Waals surface area (Å²) in [5, 5.41) is 16.7. The molecule has 0 unspecified atom stereocenters. The Labute approximate surface area is 146 Å². The predicted molar refractivity (Wildman–Crippen MR) is 103 cm³/mol. The average molecular weight is 343 g/mol. The number of aromatic hydroxyl groups is 1. The van der Waals surface area contributed by atoms with E-state index in [4.69, 9.17) is 11.5 Å². The zero-order chi connectivity index (χ0) is 17.1. The number of nitrogens with one attached hydrogen (secondary N) is 1. The molecule has 2 aromatic rings. The van der Waals surface area contributed by atoms with Crippen molar-refractivity contribution in [2.75, 3.05) is 0 Å². The molecule has 1 aliphatic carbocycles. The Morgan fingerprint density at radius 1 is 1.21 bits per heavy atom. The molecule has 0 amide bonds. The summed E-state index contributed by atoms with van der Waals surface area (Å²) in [6.45, 7) is 1.92. The van der Waals surface area contributed by atoms with E-state index in [2.05, 4.69) is 5.32 Å². The molecule has 0 bridgehead atoms. The fourth-order valence-electron chi connectivity index (χ4n) is 3.29. The van der Waals surface area contributed by atoms with Gasteiger partial charge in [-0.15, -0.1) is 11.3 Å². The Balaban J connectivity index is 1.83. The Bertz CT molecular complexity index is 785. The highest BCUT2D eigenvalue weighted by Crippen LogP contribution is 2.35. The van der Waals surface area contributed by atoms with Gasteiger partial charge in [0.2, 0.25) is 0 Å². The maximum absolute atomic E-state index is 10.5. The van der Waals surface area contributed by atoms with Gasteiger partial charge in [0.15, 0.2) is 0 Å². The van der Waals surface area contributed by atoms with Crippen molar-refractivity contribution in [3.63, 3.8) is 0 Å². The molecule has 6 N–H and O–H groups in total. The molecule has 5 heteroatoms. The van der Waals surface area contributed by atoms with E-state index in [0.717, 1.165) is 15.7 Å². The molecule has 128 valence electrons. The average Bonchev–Trinajstić information content (AvgIpc) is 3.05.